The van der Waals surface area contributed by atoms with Gasteiger partial charge in [0.1, 0.15) is 0 Å². The highest BCUT2D eigenvalue weighted by Crippen LogP contribution is 2.35. The zero-order valence-electron chi connectivity index (χ0n) is 18.4. The normalized spacial score (nSPS) is 13.8. The van der Waals surface area contributed by atoms with Gasteiger partial charge < -0.3 is 5.32 Å². The Morgan fingerprint density at radius 3 is 2.75 bits per heavy atom. The van der Waals surface area contributed by atoms with Crippen molar-refractivity contribution in [3.05, 3.63) is 74.7 Å². The number of hydrazine groups is 2. The van der Waals surface area contributed by atoms with Gasteiger partial charge >= 0.3 is 0 Å². The number of fused-ring (bicyclic) bond motifs is 1. The highest BCUT2D eigenvalue weighted by molar-refractivity contribution is 9.10. The number of aromatic nitrogens is 3. The van der Waals surface area contributed by atoms with Crippen molar-refractivity contribution < 1.29 is 0 Å². The third-order valence-corrected chi connectivity index (χ3v) is 6.23. The van der Waals surface area contributed by atoms with E-state index >= 15 is 0 Å². The van der Waals surface area contributed by atoms with Crippen LogP contribution in [0.1, 0.15) is 37.2 Å². The van der Waals surface area contributed by atoms with Gasteiger partial charge in [0.25, 0.3) is 0 Å². The number of anilines is 3. The first kappa shape index (κ1) is 22.5. The SMILES string of the molecule is CCC(C)=C(Nc1ccc(Cl)cc1C)c1ncc(Br)c(N2Cc3cccnc3N2NC)n1. The summed E-state index contributed by atoms with van der Waals surface area (Å²) < 4.78 is 0.797. The maximum absolute atomic E-state index is 6.15. The van der Waals surface area contributed by atoms with E-state index in [1.54, 1.807) is 12.4 Å². The van der Waals surface area contributed by atoms with Crippen LogP contribution < -0.4 is 20.9 Å². The maximum Gasteiger partial charge on any atom is 0.178 e. The average molecular weight is 515 g/mol. The second-order valence-electron chi connectivity index (χ2n) is 7.54. The molecule has 0 radical (unpaired) electrons. The lowest BCUT2D eigenvalue weighted by molar-refractivity contribution is 0.662. The fourth-order valence-corrected chi connectivity index (χ4v) is 4.20. The first-order valence-electron chi connectivity index (χ1n) is 10.4. The summed E-state index contributed by atoms with van der Waals surface area (Å²) in [5.41, 5.74) is 8.39. The minimum Gasteiger partial charge on any atom is -0.352 e. The number of halogens is 2. The van der Waals surface area contributed by atoms with Gasteiger partial charge in [0, 0.05) is 35.7 Å². The highest BCUT2D eigenvalue weighted by Gasteiger charge is 2.31. The Bertz CT molecular complexity index is 1180. The lowest BCUT2D eigenvalue weighted by Crippen LogP contribution is -2.46. The van der Waals surface area contributed by atoms with Crippen LogP contribution in [0.15, 0.2) is 52.8 Å². The van der Waals surface area contributed by atoms with Crippen molar-refractivity contribution in [2.45, 2.75) is 33.7 Å². The number of nitrogens with zero attached hydrogens (tertiary/aromatic N) is 5. The van der Waals surface area contributed by atoms with Crippen molar-refractivity contribution in [3.8, 4) is 0 Å². The molecule has 9 heteroatoms. The highest BCUT2D eigenvalue weighted by atomic mass is 79.9. The fraction of sp³-hybridized carbons (Fsp3) is 0.261. The van der Waals surface area contributed by atoms with Gasteiger partial charge in [-0.3, -0.25) is 0 Å². The predicted octanol–water partition coefficient (Wildman–Crippen LogP) is 5.73. The molecule has 0 unspecified atom stereocenters. The fourth-order valence-electron chi connectivity index (χ4n) is 3.58. The van der Waals surface area contributed by atoms with Crippen LogP contribution in [0, 0.1) is 6.92 Å². The van der Waals surface area contributed by atoms with Crippen molar-refractivity contribution in [3.63, 3.8) is 0 Å². The number of nitrogens with one attached hydrogen (secondary N) is 2. The van der Waals surface area contributed by atoms with E-state index in [0.717, 1.165) is 50.6 Å². The maximum atomic E-state index is 6.15. The molecule has 0 amide bonds. The average Bonchev–Trinajstić information content (AvgIpc) is 3.17. The molecule has 0 aliphatic carbocycles. The molecular formula is C23H25BrClN7. The largest absolute Gasteiger partial charge is 0.352 e. The summed E-state index contributed by atoms with van der Waals surface area (Å²) in [6.07, 6.45) is 4.45. The van der Waals surface area contributed by atoms with Gasteiger partial charge in [0.15, 0.2) is 17.5 Å². The molecular weight excluding hydrogens is 490 g/mol. The molecule has 0 spiro atoms. The topological polar surface area (TPSA) is 69.2 Å². The molecule has 4 rings (SSSR count). The summed E-state index contributed by atoms with van der Waals surface area (Å²) in [6.45, 7) is 6.89. The molecule has 3 heterocycles. The van der Waals surface area contributed by atoms with Crippen LogP contribution in [0.4, 0.5) is 17.3 Å². The lowest BCUT2D eigenvalue weighted by atomic mass is 10.1. The summed E-state index contributed by atoms with van der Waals surface area (Å²) in [5.74, 6) is 2.23. The van der Waals surface area contributed by atoms with E-state index in [4.69, 9.17) is 16.6 Å². The van der Waals surface area contributed by atoms with Crippen molar-refractivity contribution in [1.82, 2.24) is 20.4 Å². The Hall–Kier alpha value is -2.68. The number of hydrogen-bond donors (Lipinski definition) is 2. The summed E-state index contributed by atoms with van der Waals surface area (Å²) in [7, 11) is 1.87. The van der Waals surface area contributed by atoms with E-state index in [1.807, 2.05) is 48.4 Å². The van der Waals surface area contributed by atoms with Crippen LogP contribution in [-0.4, -0.2) is 22.0 Å². The van der Waals surface area contributed by atoms with Crippen LogP contribution in [0.5, 0.6) is 0 Å². The number of hydrogen-bond acceptors (Lipinski definition) is 7. The summed E-state index contributed by atoms with van der Waals surface area (Å²) in [4.78, 5) is 14.1. The molecule has 2 N–H and O–H groups in total. The minimum absolute atomic E-state index is 0.622. The molecule has 0 bridgehead atoms. The van der Waals surface area contributed by atoms with Crippen LogP contribution in [0.3, 0.4) is 0 Å². The lowest BCUT2D eigenvalue weighted by Gasteiger charge is -2.29. The molecule has 1 aliphatic rings. The number of allylic oxidation sites excluding steroid dienone is 1. The van der Waals surface area contributed by atoms with Crippen LogP contribution >= 0.6 is 27.5 Å². The molecule has 3 aromatic rings. The molecule has 2 aromatic heterocycles. The minimum atomic E-state index is 0.622. The molecule has 0 fully saturated rings. The van der Waals surface area contributed by atoms with E-state index in [2.05, 4.69) is 56.6 Å². The van der Waals surface area contributed by atoms with Crippen LogP contribution in [0.2, 0.25) is 5.02 Å². The molecule has 0 saturated carbocycles. The van der Waals surface area contributed by atoms with Gasteiger partial charge in [-0.2, -0.15) is 5.12 Å². The van der Waals surface area contributed by atoms with E-state index in [1.165, 1.54) is 0 Å². The summed E-state index contributed by atoms with van der Waals surface area (Å²) in [6, 6.07) is 9.81. The zero-order chi connectivity index (χ0) is 22.8. The molecule has 166 valence electrons. The van der Waals surface area contributed by atoms with E-state index < -0.39 is 0 Å². The van der Waals surface area contributed by atoms with Crippen LogP contribution in [-0.2, 0) is 6.54 Å². The van der Waals surface area contributed by atoms with Crippen molar-refractivity contribution in [2.75, 3.05) is 22.5 Å². The zero-order valence-corrected chi connectivity index (χ0v) is 20.8. The Morgan fingerprint density at radius 2 is 2.03 bits per heavy atom. The van der Waals surface area contributed by atoms with Gasteiger partial charge in [-0.25, -0.2) is 25.4 Å². The Morgan fingerprint density at radius 1 is 1.22 bits per heavy atom. The Kier molecular flexibility index (Phi) is 6.64. The Labute approximate surface area is 201 Å². The predicted molar refractivity (Wildman–Crippen MR) is 134 cm³/mol. The first-order valence-corrected chi connectivity index (χ1v) is 11.5. The van der Waals surface area contributed by atoms with Gasteiger partial charge in [-0.15, -0.1) is 0 Å². The molecule has 7 nitrogen and oxygen atoms in total. The molecule has 32 heavy (non-hydrogen) atoms. The van der Waals surface area contributed by atoms with Gasteiger partial charge in [0.2, 0.25) is 0 Å². The van der Waals surface area contributed by atoms with Crippen molar-refractivity contribution in [2.24, 2.45) is 0 Å². The third kappa shape index (κ3) is 4.30. The van der Waals surface area contributed by atoms with Gasteiger partial charge in [0.05, 0.1) is 16.7 Å². The third-order valence-electron chi connectivity index (χ3n) is 5.44. The number of aryl methyl sites for hydroxylation is 1. The molecule has 1 aromatic carbocycles. The number of benzene rings is 1. The number of pyridine rings is 1. The van der Waals surface area contributed by atoms with Gasteiger partial charge in [-0.1, -0.05) is 24.6 Å². The quantitative estimate of drug-likeness (QED) is 0.436. The molecule has 0 atom stereocenters. The standard InChI is InChI=1S/C23H25BrClN7/c1-5-14(2)20(29-19-9-8-17(25)11-15(19)3)21-28-12-18(24)23(30-21)31-13-16-7-6-10-27-22(16)32(31)26-4/h6-12,26,29H,5,13H2,1-4H3. The van der Waals surface area contributed by atoms with Crippen LogP contribution in [0.25, 0.3) is 5.70 Å². The second kappa shape index (κ2) is 9.44. The summed E-state index contributed by atoms with van der Waals surface area (Å²) >= 11 is 9.79. The monoisotopic (exact) mass is 513 g/mol. The summed E-state index contributed by atoms with van der Waals surface area (Å²) in [5, 5.41) is 8.20. The van der Waals surface area contributed by atoms with E-state index in [-0.39, 0.29) is 0 Å². The Balaban J connectivity index is 1.75. The van der Waals surface area contributed by atoms with E-state index in [0.29, 0.717) is 17.4 Å². The molecule has 1 aliphatic heterocycles. The van der Waals surface area contributed by atoms with Gasteiger partial charge in [-0.05, 0) is 71.6 Å². The smallest absolute Gasteiger partial charge is 0.178 e. The number of rotatable bonds is 6. The van der Waals surface area contributed by atoms with Crippen molar-refractivity contribution >= 4 is 50.6 Å². The molecule has 0 saturated heterocycles. The second-order valence-corrected chi connectivity index (χ2v) is 8.83. The first-order chi connectivity index (χ1) is 15.4. The van der Waals surface area contributed by atoms with E-state index in [9.17, 15) is 0 Å². The van der Waals surface area contributed by atoms with Crippen molar-refractivity contribution in [1.29, 1.82) is 0 Å².